The molecule has 0 saturated heterocycles. The quantitative estimate of drug-likeness (QED) is 0.840. The van der Waals surface area contributed by atoms with E-state index in [9.17, 15) is 4.79 Å². The van der Waals surface area contributed by atoms with Crippen molar-refractivity contribution < 1.29 is 4.79 Å². The van der Waals surface area contributed by atoms with Crippen molar-refractivity contribution in [3.8, 4) is 0 Å². The zero-order valence-corrected chi connectivity index (χ0v) is 11.8. The number of carbonyl (C=O) groups excluding carboxylic acids is 1. The molecule has 0 aliphatic carbocycles. The van der Waals surface area contributed by atoms with Gasteiger partial charge in [-0.2, -0.15) is 5.10 Å². The number of carbonyl (C=O) groups is 1. The zero-order chi connectivity index (χ0) is 13.8. The molecule has 102 valence electrons. The second-order valence-corrected chi connectivity index (χ2v) is 5.20. The van der Waals surface area contributed by atoms with Crippen LogP contribution in [-0.2, 0) is 20.0 Å². The molecule has 0 aliphatic rings. The van der Waals surface area contributed by atoms with Crippen molar-refractivity contribution in [3.05, 3.63) is 33.5 Å². The van der Waals surface area contributed by atoms with Gasteiger partial charge in [-0.3, -0.25) is 9.48 Å². The van der Waals surface area contributed by atoms with Crippen LogP contribution in [0.4, 0.5) is 0 Å². The van der Waals surface area contributed by atoms with E-state index in [1.165, 1.54) is 11.3 Å². The molecule has 1 amide bonds. The average Bonchev–Trinajstić information content (AvgIpc) is 2.94. The monoisotopic (exact) mass is 279 g/mol. The smallest absolute Gasteiger partial charge is 0.271 e. The fraction of sp³-hybridized carbons (Fsp3) is 0.417. The molecule has 3 N–H and O–H groups in total. The molecule has 2 heterocycles. The van der Waals surface area contributed by atoms with Gasteiger partial charge in [0.05, 0.1) is 10.7 Å². The number of amides is 1. The van der Waals surface area contributed by atoms with E-state index in [2.05, 4.69) is 15.4 Å². The van der Waals surface area contributed by atoms with Crippen LogP contribution in [0.25, 0.3) is 0 Å². The van der Waals surface area contributed by atoms with Crippen molar-refractivity contribution in [2.24, 2.45) is 12.8 Å². The topological polar surface area (TPSA) is 85.8 Å². The van der Waals surface area contributed by atoms with Crippen molar-refractivity contribution in [2.75, 3.05) is 6.54 Å². The highest BCUT2D eigenvalue weighted by molar-refractivity contribution is 7.09. The van der Waals surface area contributed by atoms with Crippen LogP contribution in [0.5, 0.6) is 0 Å². The van der Waals surface area contributed by atoms with Crippen LogP contribution in [0.1, 0.15) is 26.8 Å². The van der Waals surface area contributed by atoms with Gasteiger partial charge in [-0.15, -0.1) is 11.3 Å². The number of rotatable bonds is 5. The van der Waals surface area contributed by atoms with Crippen LogP contribution in [-0.4, -0.2) is 27.2 Å². The van der Waals surface area contributed by atoms with Gasteiger partial charge >= 0.3 is 0 Å². The summed E-state index contributed by atoms with van der Waals surface area (Å²) in [5, 5.41) is 9.73. The molecule has 19 heavy (non-hydrogen) atoms. The molecule has 0 fully saturated rings. The number of thiazole rings is 1. The Bertz CT molecular complexity index is 574. The summed E-state index contributed by atoms with van der Waals surface area (Å²) in [6.45, 7) is 2.93. The van der Waals surface area contributed by atoms with Crippen molar-refractivity contribution in [1.29, 1.82) is 0 Å². The third-order valence-corrected chi connectivity index (χ3v) is 3.61. The summed E-state index contributed by atoms with van der Waals surface area (Å²) < 4.78 is 1.74. The molecule has 0 saturated carbocycles. The molecule has 0 radical (unpaired) electrons. The van der Waals surface area contributed by atoms with Gasteiger partial charge in [-0.25, -0.2) is 4.98 Å². The minimum Gasteiger partial charge on any atom is -0.346 e. The van der Waals surface area contributed by atoms with Gasteiger partial charge in [0.25, 0.3) is 5.91 Å². The fourth-order valence-electron chi connectivity index (χ4n) is 1.74. The van der Waals surface area contributed by atoms with E-state index in [1.807, 2.05) is 20.2 Å². The van der Waals surface area contributed by atoms with Gasteiger partial charge in [0.2, 0.25) is 0 Å². The van der Waals surface area contributed by atoms with Gasteiger partial charge < -0.3 is 11.1 Å². The maximum absolute atomic E-state index is 11.9. The molecule has 7 heteroatoms. The molecule has 0 bridgehead atoms. The summed E-state index contributed by atoms with van der Waals surface area (Å²) in [5.41, 5.74) is 7.84. The first-order valence-electron chi connectivity index (χ1n) is 6.02. The molecule has 0 atom stereocenters. The Hall–Kier alpha value is -1.73. The highest BCUT2D eigenvalue weighted by Crippen LogP contribution is 2.10. The lowest BCUT2D eigenvalue weighted by atomic mass is 10.2. The molecule has 0 unspecified atom stereocenters. The first kappa shape index (κ1) is 13.7. The Morgan fingerprint density at radius 2 is 2.37 bits per heavy atom. The Morgan fingerprint density at radius 3 is 3.00 bits per heavy atom. The minimum absolute atomic E-state index is 0.164. The highest BCUT2D eigenvalue weighted by atomic mass is 32.1. The standard InChI is InChI=1S/C12H17N5OS/c1-8-9(6-17(2)16-8)5-14-12(18)10-7-19-11(15-10)3-4-13/h6-7H,3-5,13H2,1-2H3,(H,14,18). The first-order valence-corrected chi connectivity index (χ1v) is 6.90. The van der Waals surface area contributed by atoms with Gasteiger partial charge in [0.15, 0.2) is 0 Å². The number of nitrogens with zero attached hydrogens (tertiary/aromatic N) is 3. The highest BCUT2D eigenvalue weighted by Gasteiger charge is 2.11. The maximum Gasteiger partial charge on any atom is 0.271 e. The van der Waals surface area contributed by atoms with E-state index in [4.69, 9.17) is 5.73 Å². The number of nitrogens with two attached hydrogens (primary N) is 1. The molecule has 2 aromatic heterocycles. The van der Waals surface area contributed by atoms with E-state index in [1.54, 1.807) is 10.1 Å². The van der Waals surface area contributed by atoms with Crippen molar-refractivity contribution >= 4 is 17.2 Å². The summed E-state index contributed by atoms with van der Waals surface area (Å²) in [6, 6.07) is 0. The lowest BCUT2D eigenvalue weighted by molar-refractivity contribution is 0.0946. The number of hydrogen-bond acceptors (Lipinski definition) is 5. The van der Waals surface area contributed by atoms with Crippen LogP contribution < -0.4 is 11.1 Å². The second kappa shape index (κ2) is 5.94. The molecular weight excluding hydrogens is 262 g/mol. The number of hydrogen-bond donors (Lipinski definition) is 2. The van der Waals surface area contributed by atoms with Gasteiger partial charge in [0.1, 0.15) is 5.69 Å². The van der Waals surface area contributed by atoms with Crippen molar-refractivity contribution in [1.82, 2.24) is 20.1 Å². The summed E-state index contributed by atoms with van der Waals surface area (Å²) in [6.07, 6.45) is 2.61. The summed E-state index contributed by atoms with van der Waals surface area (Å²) in [5.74, 6) is -0.164. The van der Waals surface area contributed by atoms with Gasteiger partial charge in [-0.1, -0.05) is 0 Å². The van der Waals surface area contributed by atoms with E-state index in [0.29, 0.717) is 25.2 Å². The normalized spacial score (nSPS) is 10.7. The molecular formula is C12H17N5OS. The van der Waals surface area contributed by atoms with E-state index < -0.39 is 0 Å². The van der Waals surface area contributed by atoms with E-state index in [-0.39, 0.29) is 5.91 Å². The Labute approximate surface area is 115 Å². The lowest BCUT2D eigenvalue weighted by Gasteiger charge is -2.01. The van der Waals surface area contributed by atoms with Crippen LogP contribution in [0.15, 0.2) is 11.6 Å². The van der Waals surface area contributed by atoms with Gasteiger partial charge in [-0.05, 0) is 13.5 Å². The van der Waals surface area contributed by atoms with Crippen molar-refractivity contribution in [3.63, 3.8) is 0 Å². The number of aromatic nitrogens is 3. The Kier molecular flexibility index (Phi) is 4.28. The van der Waals surface area contributed by atoms with E-state index >= 15 is 0 Å². The predicted octanol–water partition coefficient (Wildman–Crippen LogP) is 0.616. The molecule has 2 aromatic rings. The fourth-order valence-corrected chi connectivity index (χ4v) is 2.54. The molecule has 2 rings (SSSR count). The predicted molar refractivity (Wildman–Crippen MR) is 74.0 cm³/mol. The first-order chi connectivity index (χ1) is 9.10. The van der Waals surface area contributed by atoms with Crippen LogP contribution in [0, 0.1) is 6.92 Å². The van der Waals surface area contributed by atoms with Crippen molar-refractivity contribution in [2.45, 2.75) is 19.9 Å². The molecule has 0 aromatic carbocycles. The number of nitrogens with one attached hydrogen (secondary N) is 1. The largest absolute Gasteiger partial charge is 0.346 e. The number of aryl methyl sites for hydroxylation is 2. The summed E-state index contributed by atoms with van der Waals surface area (Å²) in [4.78, 5) is 16.2. The maximum atomic E-state index is 11.9. The van der Waals surface area contributed by atoms with Crippen LogP contribution >= 0.6 is 11.3 Å². The summed E-state index contributed by atoms with van der Waals surface area (Å²) in [7, 11) is 1.86. The second-order valence-electron chi connectivity index (χ2n) is 4.26. The summed E-state index contributed by atoms with van der Waals surface area (Å²) >= 11 is 1.46. The minimum atomic E-state index is -0.164. The third-order valence-electron chi connectivity index (χ3n) is 2.70. The SMILES string of the molecule is Cc1nn(C)cc1CNC(=O)c1csc(CCN)n1. The molecule has 0 aliphatic heterocycles. The molecule has 6 nitrogen and oxygen atoms in total. The lowest BCUT2D eigenvalue weighted by Crippen LogP contribution is -2.23. The average molecular weight is 279 g/mol. The van der Waals surface area contributed by atoms with Crippen LogP contribution in [0.3, 0.4) is 0 Å². The third kappa shape index (κ3) is 3.39. The zero-order valence-electron chi connectivity index (χ0n) is 11.0. The Balaban J connectivity index is 1.95. The van der Waals surface area contributed by atoms with Crippen LogP contribution in [0.2, 0.25) is 0 Å². The Morgan fingerprint density at radius 1 is 1.58 bits per heavy atom. The molecule has 0 spiro atoms. The van der Waals surface area contributed by atoms with E-state index in [0.717, 1.165) is 16.3 Å². The van der Waals surface area contributed by atoms with Gasteiger partial charge in [0, 0.05) is 37.2 Å².